The summed E-state index contributed by atoms with van der Waals surface area (Å²) in [6.07, 6.45) is 4.97. The van der Waals surface area contributed by atoms with Crippen LogP contribution in [0.4, 0.5) is 0 Å². The van der Waals surface area contributed by atoms with Crippen molar-refractivity contribution in [1.82, 2.24) is 15.3 Å². The first-order chi connectivity index (χ1) is 7.29. The molecule has 1 aliphatic carbocycles. The number of carbonyl (C=O) groups is 1. The molecule has 2 heterocycles. The number of hydrogen-bond acceptors (Lipinski definition) is 4. The summed E-state index contributed by atoms with van der Waals surface area (Å²) in [5, 5.41) is 12.3. The van der Waals surface area contributed by atoms with Crippen molar-refractivity contribution >= 4 is 5.97 Å². The van der Waals surface area contributed by atoms with Crippen molar-refractivity contribution in [2.75, 3.05) is 6.54 Å². The summed E-state index contributed by atoms with van der Waals surface area (Å²) < 4.78 is 0. The van der Waals surface area contributed by atoms with E-state index < -0.39 is 5.97 Å². The van der Waals surface area contributed by atoms with Crippen LogP contribution >= 0.6 is 0 Å². The van der Waals surface area contributed by atoms with Gasteiger partial charge in [-0.1, -0.05) is 0 Å². The van der Waals surface area contributed by atoms with Gasteiger partial charge in [0.2, 0.25) is 0 Å². The lowest BCUT2D eigenvalue weighted by Gasteiger charge is -2.13. The Morgan fingerprint density at radius 1 is 1.53 bits per heavy atom. The van der Waals surface area contributed by atoms with Crippen LogP contribution in [0.15, 0.2) is 18.6 Å². The second-order valence-corrected chi connectivity index (χ2v) is 4.12. The first-order valence-corrected chi connectivity index (χ1v) is 5.01. The summed E-state index contributed by atoms with van der Waals surface area (Å²) in [5.74, 6) is -0.368. The van der Waals surface area contributed by atoms with Crippen molar-refractivity contribution in [1.29, 1.82) is 0 Å². The van der Waals surface area contributed by atoms with E-state index in [4.69, 9.17) is 5.11 Å². The number of fused-ring (bicyclic) bond motifs is 1. The Kier molecular flexibility index (Phi) is 1.76. The molecule has 0 bridgehead atoms. The third-order valence-corrected chi connectivity index (χ3v) is 3.37. The van der Waals surface area contributed by atoms with Gasteiger partial charge in [-0.3, -0.25) is 14.8 Å². The van der Waals surface area contributed by atoms with Crippen LogP contribution in [0.2, 0.25) is 0 Å². The van der Waals surface area contributed by atoms with E-state index in [9.17, 15) is 4.79 Å². The van der Waals surface area contributed by atoms with Crippen LogP contribution < -0.4 is 5.32 Å². The molecule has 2 N–H and O–H groups in total. The first kappa shape index (κ1) is 8.79. The second-order valence-electron chi connectivity index (χ2n) is 4.12. The van der Waals surface area contributed by atoms with Gasteiger partial charge in [0.15, 0.2) is 0 Å². The predicted molar refractivity (Wildman–Crippen MR) is 50.9 cm³/mol. The first-order valence-electron chi connectivity index (χ1n) is 5.01. The number of nitrogens with one attached hydrogen (secondary N) is 1. The van der Waals surface area contributed by atoms with Gasteiger partial charge >= 0.3 is 5.97 Å². The van der Waals surface area contributed by atoms with Crippen molar-refractivity contribution in [2.24, 2.45) is 17.8 Å². The van der Waals surface area contributed by atoms with E-state index in [-0.39, 0.29) is 23.8 Å². The number of carboxylic acids is 1. The molecule has 0 spiro atoms. The van der Waals surface area contributed by atoms with Crippen LogP contribution in [0.25, 0.3) is 0 Å². The maximum absolute atomic E-state index is 10.9. The second kappa shape index (κ2) is 3.00. The van der Waals surface area contributed by atoms with E-state index in [2.05, 4.69) is 15.3 Å². The standard InChI is InChI=1S/C10H11N3O2/c14-10(15)8-5-3-13-9(7(5)8)6-4-11-1-2-12-6/h1-2,4-5,7-9,13H,3H2,(H,14,15). The molecule has 1 aromatic heterocycles. The quantitative estimate of drug-likeness (QED) is 0.714. The third-order valence-electron chi connectivity index (χ3n) is 3.37. The van der Waals surface area contributed by atoms with Crippen LogP contribution in [0.5, 0.6) is 0 Å². The zero-order valence-electron chi connectivity index (χ0n) is 8.00. The lowest BCUT2D eigenvalue weighted by molar-refractivity contribution is -0.139. The molecule has 2 fully saturated rings. The summed E-state index contributed by atoms with van der Waals surface area (Å²) in [7, 11) is 0. The van der Waals surface area contributed by atoms with E-state index in [0.717, 1.165) is 12.2 Å². The van der Waals surface area contributed by atoms with E-state index in [0.29, 0.717) is 0 Å². The van der Waals surface area contributed by atoms with Gasteiger partial charge in [0.1, 0.15) is 0 Å². The highest BCUT2D eigenvalue weighted by Crippen LogP contribution is 2.56. The fourth-order valence-corrected chi connectivity index (χ4v) is 2.64. The van der Waals surface area contributed by atoms with Crippen molar-refractivity contribution in [3.8, 4) is 0 Å². The molecule has 0 amide bonds. The van der Waals surface area contributed by atoms with Crippen molar-refractivity contribution in [2.45, 2.75) is 6.04 Å². The highest BCUT2D eigenvalue weighted by Gasteiger charge is 2.62. The SMILES string of the molecule is O=C(O)C1C2CNC(c3cnccn3)C21. The molecule has 15 heavy (non-hydrogen) atoms. The smallest absolute Gasteiger partial charge is 0.307 e. The van der Waals surface area contributed by atoms with Gasteiger partial charge < -0.3 is 10.4 Å². The number of rotatable bonds is 2. The normalized spacial score (nSPS) is 37.3. The molecule has 78 valence electrons. The minimum atomic E-state index is -0.680. The number of carboxylic acid groups (broad SMARTS) is 1. The Balaban J connectivity index is 1.83. The summed E-state index contributed by atoms with van der Waals surface area (Å²) in [6.45, 7) is 0.781. The van der Waals surface area contributed by atoms with Crippen LogP contribution in [0.1, 0.15) is 11.7 Å². The van der Waals surface area contributed by atoms with E-state index in [1.807, 2.05) is 0 Å². The fourth-order valence-electron chi connectivity index (χ4n) is 2.64. The number of piperidine rings is 1. The molecule has 1 aliphatic heterocycles. The Morgan fingerprint density at radius 2 is 2.40 bits per heavy atom. The summed E-state index contributed by atoms with van der Waals surface area (Å²) in [4.78, 5) is 19.1. The van der Waals surface area contributed by atoms with Crippen molar-refractivity contribution in [3.05, 3.63) is 24.3 Å². The lowest BCUT2D eigenvalue weighted by atomic mass is 10.1. The van der Waals surface area contributed by atoms with Crippen molar-refractivity contribution in [3.63, 3.8) is 0 Å². The maximum atomic E-state index is 10.9. The molecule has 4 unspecified atom stereocenters. The van der Waals surface area contributed by atoms with Gasteiger partial charge in [-0.2, -0.15) is 0 Å². The zero-order chi connectivity index (χ0) is 10.4. The summed E-state index contributed by atoms with van der Waals surface area (Å²) in [5.41, 5.74) is 0.855. The molecular formula is C10H11N3O2. The predicted octanol–water partition coefficient (Wildman–Crippen LogP) is 0.0677. The largest absolute Gasteiger partial charge is 0.481 e. The maximum Gasteiger partial charge on any atom is 0.307 e. The van der Waals surface area contributed by atoms with Gasteiger partial charge in [-0.05, 0) is 18.4 Å². The Hall–Kier alpha value is -1.49. The summed E-state index contributed by atoms with van der Waals surface area (Å²) >= 11 is 0. The van der Waals surface area contributed by atoms with E-state index >= 15 is 0 Å². The number of aliphatic carboxylic acids is 1. The van der Waals surface area contributed by atoms with Gasteiger partial charge in [0, 0.05) is 18.6 Å². The number of hydrogen-bond donors (Lipinski definition) is 2. The molecule has 1 saturated heterocycles. The molecule has 4 atom stereocenters. The monoisotopic (exact) mass is 205 g/mol. The highest BCUT2D eigenvalue weighted by atomic mass is 16.4. The molecule has 3 rings (SSSR count). The average molecular weight is 205 g/mol. The number of aromatic nitrogens is 2. The average Bonchev–Trinajstić information content (AvgIpc) is 2.82. The van der Waals surface area contributed by atoms with Crippen LogP contribution in [0.3, 0.4) is 0 Å². The highest BCUT2D eigenvalue weighted by molar-refractivity contribution is 5.75. The van der Waals surface area contributed by atoms with E-state index in [1.165, 1.54) is 0 Å². The minimum Gasteiger partial charge on any atom is -0.481 e. The van der Waals surface area contributed by atoms with Crippen LogP contribution in [-0.2, 0) is 4.79 Å². The Bertz CT molecular complexity index is 395. The molecule has 5 heteroatoms. The Labute approximate surface area is 86.6 Å². The molecule has 0 aromatic carbocycles. The molecule has 1 aromatic rings. The van der Waals surface area contributed by atoms with Crippen LogP contribution in [0, 0.1) is 17.8 Å². The topological polar surface area (TPSA) is 75.1 Å². The lowest BCUT2D eigenvalue weighted by Crippen LogP contribution is -2.24. The van der Waals surface area contributed by atoms with Gasteiger partial charge in [0.05, 0.1) is 17.7 Å². The molecule has 0 radical (unpaired) electrons. The van der Waals surface area contributed by atoms with E-state index in [1.54, 1.807) is 18.6 Å². The summed E-state index contributed by atoms with van der Waals surface area (Å²) in [6, 6.07) is 0.0739. The zero-order valence-corrected chi connectivity index (χ0v) is 8.00. The van der Waals surface area contributed by atoms with Crippen LogP contribution in [-0.4, -0.2) is 27.6 Å². The van der Waals surface area contributed by atoms with Gasteiger partial charge in [-0.15, -0.1) is 0 Å². The molecule has 1 saturated carbocycles. The Morgan fingerprint density at radius 3 is 3.00 bits per heavy atom. The van der Waals surface area contributed by atoms with Gasteiger partial charge in [-0.25, -0.2) is 0 Å². The van der Waals surface area contributed by atoms with Crippen molar-refractivity contribution < 1.29 is 9.90 Å². The molecule has 2 aliphatic rings. The molecular weight excluding hydrogens is 194 g/mol. The molecule has 5 nitrogen and oxygen atoms in total. The minimum absolute atomic E-state index is 0.0739. The van der Waals surface area contributed by atoms with Gasteiger partial charge in [0.25, 0.3) is 0 Å². The number of nitrogens with zero attached hydrogens (tertiary/aromatic N) is 2. The third kappa shape index (κ3) is 1.23. The fraction of sp³-hybridized carbons (Fsp3) is 0.500.